The van der Waals surface area contributed by atoms with E-state index < -0.39 is 5.97 Å². The van der Waals surface area contributed by atoms with Crippen LogP contribution in [0.5, 0.6) is 11.5 Å². The standard InChI is InChI=1S/C35H35ClN2O6/c1-3-44-31-17-16-24(22-32(31)43-2)18-20-38(21-19-33(39)40)35(42)29-14-8-6-12-27(29)26-11-5-7-13-28(26)34(41)37-23-25-10-4-9-15-30(25)36/h4-17,22H,3,18-21,23H2,1-2H3,(H,37,41)(H,39,40). The van der Waals surface area contributed by atoms with Crippen LogP contribution in [0.25, 0.3) is 11.1 Å². The van der Waals surface area contributed by atoms with Crippen LogP contribution < -0.4 is 14.8 Å². The van der Waals surface area contributed by atoms with Crippen LogP contribution >= 0.6 is 11.6 Å². The molecule has 8 nitrogen and oxygen atoms in total. The van der Waals surface area contributed by atoms with Crippen molar-refractivity contribution in [2.75, 3.05) is 26.8 Å². The monoisotopic (exact) mass is 614 g/mol. The molecule has 0 bridgehead atoms. The molecule has 0 saturated carbocycles. The summed E-state index contributed by atoms with van der Waals surface area (Å²) in [6, 6.07) is 27.0. The number of halogens is 1. The molecule has 0 aliphatic rings. The van der Waals surface area contributed by atoms with Crippen LogP contribution in [0.4, 0.5) is 0 Å². The van der Waals surface area contributed by atoms with Crippen LogP contribution in [0.1, 0.15) is 45.2 Å². The largest absolute Gasteiger partial charge is 0.493 e. The van der Waals surface area contributed by atoms with E-state index in [1.54, 1.807) is 55.6 Å². The highest BCUT2D eigenvalue weighted by atomic mass is 35.5. The van der Waals surface area contributed by atoms with Crippen LogP contribution in [-0.4, -0.2) is 54.6 Å². The van der Waals surface area contributed by atoms with Crippen LogP contribution in [0, 0.1) is 0 Å². The lowest BCUT2D eigenvalue weighted by Gasteiger charge is -2.24. The second-order valence-electron chi connectivity index (χ2n) is 9.97. The molecule has 0 atom stereocenters. The number of carbonyl (C=O) groups excluding carboxylic acids is 2. The molecule has 0 aliphatic carbocycles. The van der Waals surface area contributed by atoms with Gasteiger partial charge in [0.25, 0.3) is 11.8 Å². The van der Waals surface area contributed by atoms with Gasteiger partial charge in [0.2, 0.25) is 0 Å². The van der Waals surface area contributed by atoms with E-state index in [-0.39, 0.29) is 37.9 Å². The summed E-state index contributed by atoms with van der Waals surface area (Å²) in [5, 5.41) is 12.9. The fourth-order valence-electron chi connectivity index (χ4n) is 4.86. The Morgan fingerprint density at radius 2 is 1.50 bits per heavy atom. The Morgan fingerprint density at radius 3 is 2.18 bits per heavy atom. The zero-order chi connectivity index (χ0) is 31.5. The molecule has 0 unspecified atom stereocenters. The first kappa shape index (κ1) is 32.1. The highest BCUT2D eigenvalue weighted by Crippen LogP contribution is 2.30. The summed E-state index contributed by atoms with van der Waals surface area (Å²) in [5.41, 5.74) is 3.63. The van der Waals surface area contributed by atoms with Crippen LogP contribution in [0.15, 0.2) is 91.0 Å². The van der Waals surface area contributed by atoms with E-state index in [0.29, 0.717) is 51.8 Å². The fraction of sp³-hybridized carbons (Fsp3) is 0.229. The van der Waals surface area contributed by atoms with E-state index in [2.05, 4.69) is 5.32 Å². The number of hydrogen-bond acceptors (Lipinski definition) is 5. The van der Waals surface area contributed by atoms with Gasteiger partial charge in [-0.05, 0) is 65.9 Å². The first-order chi connectivity index (χ1) is 21.3. The van der Waals surface area contributed by atoms with E-state index in [0.717, 1.165) is 11.1 Å². The van der Waals surface area contributed by atoms with Gasteiger partial charge < -0.3 is 24.8 Å². The number of nitrogens with one attached hydrogen (secondary N) is 1. The summed E-state index contributed by atoms with van der Waals surface area (Å²) in [4.78, 5) is 40.4. The molecule has 4 aromatic carbocycles. The normalized spacial score (nSPS) is 10.6. The molecule has 4 rings (SSSR count). The number of carbonyl (C=O) groups is 3. The number of carboxylic acid groups (broad SMARTS) is 1. The first-order valence-corrected chi connectivity index (χ1v) is 14.7. The van der Waals surface area contributed by atoms with Gasteiger partial charge >= 0.3 is 5.97 Å². The summed E-state index contributed by atoms with van der Waals surface area (Å²) in [7, 11) is 1.57. The molecule has 0 aromatic heterocycles. The Morgan fingerprint density at radius 1 is 0.841 bits per heavy atom. The number of ether oxygens (including phenoxy) is 2. The summed E-state index contributed by atoms with van der Waals surface area (Å²) in [6.07, 6.45) is 0.263. The predicted molar refractivity (Wildman–Crippen MR) is 171 cm³/mol. The van der Waals surface area contributed by atoms with Crippen LogP contribution in [0.2, 0.25) is 5.02 Å². The zero-order valence-corrected chi connectivity index (χ0v) is 25.5. The Labute approximate surface area is 262 Å². The minimum absolute atomic E-state index is 0.0244. The van der Waals surface area contributed by atoms with Gasteiger partial charge in [0.05, 0.1) is 20.1 Å². The van der Waals surface area contributed by atoms with Crippen LogP contribution in [-0.2, 0) is 17.8 Å². The van der Waals surface area contributed by atoms with Gasteiger partial charge in [-0.2, -0.15) is 0 Å². The van der Waals surface area contributed by atoms with Crippen molar-refractivity contribution in [3.8, 4) is 22.6 Å². The molecule has 0 saturated heterocycles. The van der Waals surface area contributed by atoms with E-state index in [1.165, 1.54) is 4.90 Å². The molecule has 0 aliphatic heterocycles. The molecular formula is C35H35ClN2O6. The van der Waals surface area contributed by atoms with Gasteiger partial charge in [-0.3, -0.25) is 14.4 Å². The number of nitrogens with zero attached hydrogens (tertiary/aromatic N) is 1. The third-order valence-corrected chi connectivity index (χ3v) is 7.47. The number of benzene rings is 4. The Balaban J connectivity index is 1.60. The van der Waals surface area contributed by atoms with E-state index in [1.807, 2.05) is 49.4 Å². The van der Waals surface area contributed by atoms with Gasteiger partial charge in [-0.15, -0.1) is 0 Å². The molecule has 4 aromatic rings. The lowest BCUT2D eigenvalue weighted by atomic mass is 9.94. The first-order valence-electron chi connectivity index (χ1n) is 14.3. The van der Waals surface area contributed by atoms with Crippen molar-refractivity contribution in [2.24, 2.45) is 0 Å². The number of aliphatic carboxylic acids is 1. The minimum atomic E-state index is -1.00. The number of methoxy groups -OCH3 is 1. The van der Waals surface area contributed by atoms with E-state index in [9.17, 15) is 19.5 Å². The Kier molecular flexibility index (Phi) is 11.4. The van der Waals surface area contributed by atoms with Crippen molar-refractivity contribution in [1.82, 2.24) is 10.2 Å². The molecule has 2 amide bonds. The predicted octanol–water partition coefficient (Wildman–Crippen LogP) is 6.50. The van der Waals surface area contributed by atoms with Crippen molar-refractivity contribution in [3.05, 3.63) is 118 Å². The van der Waals surface area contributed by atoms with Gasteiger partial charge in [0.15, 0.2) is 11.5 Å². The Hall–Kier alpha value is -4.82. The molecule has 9 heteroatoms. The third-order valence-electron chi connectivity index (χ3n) is 7.10. The molecular weight excluding hydrogens is 580 g/mol. The number of amides is 2. The maximum absolute atomic E-state index is 14.0. The van der Waals surface area contributed by atoms with E-state index in [4.69, 9.17) is 21.1 Å². The average molecular weight is 615 g/mol. The smallest absolute Gasteiger partial charge is 0.305 e. The van der Waals surface area contributed by atoms with Crippen molar-refractivity contribution in [1.29, 1.82) is 0 Å². The summed E-state index contributed by atoms with van der Waals surface area (Å²) >= 11 is 6.27. The molecule has 228 valence electrons. The minimum Gasteiger partial charge on any atom is -0.493 e. The van der Waals surface area contributed by atoms with Crippen molar-refractivity contribution >= 4 is 29.4 Å². The Bertz CT molecular complexity index is 1620. The number of hydrogen-bond donors (Lipinski definition) is 2. The summed E-state index contributed by atoms with van der Waals surface area (Å²) in [5.74, 6) is -0.427. The van der Waals surface area contributed by atoms with Crippen molar-refractivity contribution in [2.45, 2.75) is 26.3 Å². The molecule has 44 heavy (non-hydrogen) atoms. The molecule has 2 N–H and O–H groups in total. The maximum atomic E-state index is 14.0. The lowest BCUT2D eigenvalue weighted by Crippen LogP contribution is -2.35. The SMILES string of the molecule is CCOc1ccc(CCN(CCC(=O)O)C(=O)c2ccccc2-c2ccccc2C(=O)NCc2ccccc2Cl)cc1OC. The van der Waals surface area contributed by atoms with Crippen LogP contribution in [0.3, 0.4) is 0 Å². The van der Waals surface area contributed by atoms with E-state index >= 15 is 0 Å². The third kappa shape index (κ3) is 8.17. The fourth-order valence-corrected chi connectivity index (χ4v) is 5.06. The topological polar surface area (TPSA) is 105 Å². The van der Waals surface area contributed by atoms with Gasteiger partial charge in [0.1, 0.15) is 0 Å². The number of rotatable bonds is 14. The molecule has 0 spiro atoms. The highest BCUT2D eigenvalue weighted by molar-refractivity contribution is 6.31. The van der Waals surface area contributed by atoms with Gasteiger partial charge in [-0.1, -0.05) is 72.3 Å². The highest BCUT2D eigenvalue weighted by Gasteiger charge is 2.23. The summed E-state index contributed by atoms with van der Waals surface area (Å²) < 4.78 is 11.1. The maximum Gasteiger partial charge on any atom is 0.305 e. The molecule has 0 radical (unpaired) electrons. The van der Waals surface area contributed by atoms with Crippen molar-refractivity contribution < 1.29 is 29.0 Å². The quantitative estimate of drug-likeness (QED) is 0.168. The molecule has 0 fully saturated rings. The van der Waals surface area contributed by atoms with Gasteiger partial charge in [-0.25, -0.2) is 0 Å². The number of carboxylic acids is 1. The lowest BCUT2D eigenvalue weighted by molar-refractivity contribution is -0.137. The average Bonchev–Trinajstić information content (AvgIpc) is 3.04. The second kappa shape index (κ2) is 15.6. The van der Waals surface area contributed by atoms with Gasteiger partial charge in [0, 0.05) is 35.8 Å². The second-order valence-corrected chi connectivity index (χ2v) is 10.4. The van der Waals surface area contributed by atoms with Crippen molar-refractivity contribution in [3.63, 3.8) is 0 Å². The molecule has 0 heterocycles. The zero-order valence-electron chi connectivity index (χ0n) is 24.7. The summed E-state index contributed by atoms with van der Waals surface area (Å²) in [6.45, 7) is 2.93.